The molecule has 17 heavy (non-hydrogen) atoms. The first kappa shape index (κ1) is 11.0. The van der Waals surface area contributed by atoms with E-state index < -0.39 is 0 Å². The first-order valence-electron chi connectivity index (χ1n) is 5.09. The number of benzene rings is 1. The van der Waals surface area contributed by atoms with Crippen LogP contribution in [-0.2, 0) is 0 Å². The molecule has 84 valence electrons. The minimum Gasteiger partial charge on any atom is -0.497 e. The van der Waals surface area contributed by atoms with Gasteiger partial charge in [-0.2, -0.15) is 5.26 Å². The number of ether oxygens (including phenoxy) is 1. The molecule has 1 aromatic heterocycles. The maximum Gasteiger partial charge on any atom is 0.142 e. The number of methoxy groups -OCH3 is 1. The zero-order chi connectivity index (χ0) is 12.1. The van der Waals surface area contributed by atoms with Gasteiger partial charge in [-0.25, -0.2) is 4.98 Å². The van der Waals surface area contributed by atoms with Gasteiger partial charge in [0, 0.05) is 23.6 Å². The van der Waals surface area contributed by atoms with Gasteiger partial charge in [-0.1, -0.05) is 6.07 Å². The number of hydrogen-bond acceptors (Lipinski definition) is 4. The van der Waals surface area contributed by atoms with E-state index in [1.807, 2.05) is 30.3 Å². The van der Waals surface area contributed by atoms with Crippen molar-refractivity contribution in [1.82, 2.24) is 4.98 Å². The van der Waals surface area contributed by atoms with Crippen molar-refractivity contribution in [3.63, 3.8) is 0 Å². The summed E-state index contributed by atoms with van der Waals surface area (Å²) >= 11 is 0. The van der Waals surface area contributed by atoms with E-state index in [1.54, 1.807) is 25.4 Å². The van der Waals surface area contributed by atoms with Gasteiger partial charge in [0.15, 0.2) is 0 Å². The Labute approximate surface area is 99.5 Å². The lowest BCUT2D eigenvalue weighted by Crippen LogP contribution is -1.92. The summed E-state index contributed by atoms with van der Waals surface area (Å²) in [6.07, 6.45) is 1.60. The van der Waals surface area contributed by atoms with Crippen LogP contribution < -0.4 is 10.1 Å². The van der Waals surface area contributed by atoms with Crippen LogP contribution in [0.5, 0.6) is 5.75 Å². The predicted octanol–water partition coefficient (Wildman–Crippen LogP) is 2.71. The Morgan fingerprint density at radius 2 is 2.06 bits per heavy atom. The van der Waals surface area contributed by atoms with Crippen molar-refractivity contribution in [2.45, 2.75) is 0 Å². The minimum absolute atomic E-state index is 0.387. The molecule has 2 rings (SSSR count). The Kier molecular flexibility index (Phi) is 3.22. The molecule has 0 amide bonds. The molecule has 0 bridgehead atoms. The van der Waals surface area contributed by atoms with Crippen LogP contribution in [0.2, 0.25) is 0 Å². The number of rotatable bonds is 3. The highest BCUT2D eigenvalue weighted by Crippen LogP contribution is 2.21. The SMILES string of the molecule is COc1cccc(Nc2ccnc(C#N)c2)c1. The average molecular weight is 225 g/mol. The summed E-state index contributed by atoms with van der Waals surface area (Å²) in [5.74, 6) is 0.782. The Morgan fingerprint density at radius 3 is 2.82 bits per heavy atom. The summed E-state index contributed by atoms with van der Waals surface area (Å²) in [5, 5.41) is 11.9. The highest BCUT2D eigenvalue weighted by molar-refractivity contribution is 5.61. The molecule has 1 aromatic carbocycles. The third-order valence-electron chi connectivity index (χ3n) is 2.23. The highest BCUT2D eigenvalue weighted by Gasteiger charge is 1.98. The van der Waals surface area contributed by atoms with Crippen molar-refractivity contribution < 1.29 is 4.74 Å². The molecule has 0 aliphatic heterocycles. The van der Waals surface area contributed by atoms with Crippen molar-refractivity contribution >= 4 is 11.4 Å². The Balaban J connectivity index is 2.22. The lowest BCUT2D eigenvalue weighted by atomic mass is 10.2. The molecule has 0 fully saturated rings. The normalized spacial score (nSPS) is 9.41. The fourth-order valence-electron chi connectivity index (χ4n) is 1.44. The van der Waals surface area contributed by atoms with Crippen LogP contribution in [0.25, 0.3) is 0 Å². The van der Waals surface area contributed by atoms with Crippen LogP contribution in [0, 0.1) is 11.3 Å². The largest absolute Gasteiger partial charge is 0.497 e. The lowest BCUT2D eigenvalue weighted by Gasteiger charge is -2.07. The van der Waals surface area contributed by atoms with Crippen LogP contribution in [0.15, 0.2) is 42.6 Å². The van der Waals surface area contributed by atoms with E-state index in [4.69, 9.17) is 10.00 Å². The molecule has 0 aliphatic rings. The molecule has 2 aromatic rings. The van der Waals surface area contributed by atoms with Gasteiger partial charge in [-0.05, 0) is 24.3 Å². The Hall–Kier alpha value is -2.54. The first-order chi connectivity index (χ1) is 8.31. The zero-order valence-electron chi connectivity index (χ0n) is 9.34. The van der Waals surface area contributed by atoms with Gasteiger partial charge in [0.1, 0.15) is 17.5 Å². The van der Waals surface area contributed by atoms with E-state index >= 15 is 0 Å². The van der Waals surface area contributed by atoms with Gasteiger partial charge in [-0.3, -0.25) is 0 Å². The van der Waals surface area contributed by atoms with Gasteiger partial charge in [0.2, 0.25) is 0 Å². The Bertz CT molecular complexity index is 561. The van der Waals surface area contributed by atoms with Gasteiger partial charge in [-0.15, -0.1) is 0 Å². The monoisotopic (exact) mass is 225 g/mol. The second-order valence-corrected chi connectivity index (χ2v) is 3.40. The molecule has 1 heterocycles. The van der Waals surface area contributed by atoms with Gasteiger partial charge in [0.05, 0.1) is 7.11 Å². The third kappa shape index (κ3) is 2.73. The van der Waals surface area contributed by atoms with Crippen molar-refractivity contribution in [3.8, 4) is 11.8 Å². The average Bonchev–Trinajstić information content (AvgIpc) is 2.39. The van der Waals surface area contributed by atoms with Crippen LogP contribution >= 0.6 is 0 Å². The molecule has 4 heteroatoms. The van der Waals surface area contributed by atoms with E-state index in [0.717, 1.165) is 17.1 Å². The van der Waals surface area contributed by atoms with E-state index in [9.17, 15) is 0 Å². The summed E-state index contributed by atoms with van der Waals surface area (Å²) < 4.78 is 5.13. The molecule has 0 unspecified atom stereocenters. The predicted molar refractivity (Wildman–Crippen MR) is 65.2 cm³/mol. The molecule has 0 atom stereocenters. The number of aromatic nitrogens is 1. The van der Waals surface area contributed by atoms with Crippen LogP contribution in [-0.4, -0.2) is 12.1 Å². The Morgan fingerprint density at radius 1 is 1.24 bits per heavy atom. The van der Waals surface area contributed by atoms with Crippen molar-refractivity contribution in [2.24, 2.45) is 0 Å². The molecular formula is C13H11N3O. The van der Waals surface area contributed by atoms with Crippen LogP contribution in [0.4, 0.5) is 11.4 Å². The fraction of sp³-hybridized carbons (Fsp3) is 0.0769. The maximum atomic E-state index is 8.75. The van der Waals surface area contributed by atoms with Crippen molar-refractivity contribution in [1.29, 1.82) is 5.26 Å². The molecular weight excluding hydrogens is 214 g/mol. The van der Waals surface area contributed by atoms with Gasteiger partial charge < -0.3 is 10.1 Å². The summed E-state index contributed by atoms with van der Waals surface area (Å²) in [5.41, 5.74) is 2.11. The van der Waals surface area contributed by atoms with E-state index in [1.165, 1.54) is 0 Å². The molecule has 0 radical (unpaired) electrons. The van der Waals surface area contributed by atoms with E-state index in [0.29, 0.717) is 5.69 Å². The van der Waals surface area contributed by atoms with Gasteiger partial charge >= 0.3 is 0 Å². The molecule has 0 saturated heterocycles. The number of anilines is 2. The lowest BCUT2D eigenvalue weighted by molar-refractivity contribution is 0.415. The summed E-state index contributed by atoms with van der Waals surface area (Å²) in [7, 11) is 1.62. The first-order valence-corrected chi connectivity index (χ1v) is 5.09. The smallest absolute Gasteiger partial charge is 0.142 e. The zero-order valence-corrected chi connectivity index (χ0v) is 9.34. The number of nitrogens with zero attached hydrogens (tertiary/aromatic N) is 2. The number of pyridine rings is 1. The second kappa shape index (κ2) is 4.99. The summed E-state index contributed by atoms with van der Waals surface area (Å²) in [4.78, 5) is 3.91. The second-order valence-electron chi connectivity index (χ2n) is 3.40. The molecule has 0 spiro atoms. The standard InChI is InChI=1S/C13H11N3O/c1-17-13-4-2-3-10(8-13)16-11-5-6-15-12(7-11)9-14/h2-8H,1H3,(H,15,16). The molecule has 4 nitrogen and oxygen atoms in total. The van der Waals surface area contributed by atoms with E-state index in [-0.39, 0.29) is 0 Å². The number of hydrogen-bond donors (Lipinski definition) is 1. The molecule has 1 N–H and O–H groups in total. The molecule has 0 saturated carbocycles. The third-order valence-corrected chi connectivity index (χ3v) is 2.23. The maximum absolute atomic E-state index is 8.75. The van der Waals surface area contributed by atoms with Crippen molar-refractivity contribution in [3.05, 3.63) is 48.3 Å². The minimum atomic E-state index is 0.387. The summed E-state index contributed by atoms with van der Waals surface area (Å²) in [6.45, 7) is 0. The number of nitrogens with one attached hydrogen (secondary N) is 1. The van der Waals surface area contributed by atoms with Crippen LogP contribution in [0.3, 0.4) is 0 Å². The van der Waals surface area contributed by atoms with E-state index in [2.05, 4.69) is 10.3 Å². The topological polar surface area (TPSA) is 57.9 Å². The quantitative estimate of drug-likeness (QED) is 0.872. The fourth-order valence-corrected chi connectivity index (χ4v) is 1.44. The number of nitriles is 1. The van der Waals surface area contributed by atoms with Crippen LogP contribution in [0.1, 0.15) is 5.69 Å². The van der Waals surface area contributed by atoms with Gasteiger partial charge in [0.25, 0.3) is 0 Å². The highest BCUT2D eigenvalue weighted by atomic mass is 16.5. The molecule has 0 aliphatic carbocycles. The van der Waals surface area contributed by atoms with Crippen molar-refractivity contribution in [2.75, 3.05) is 12.4 Å². The summed E-state index contributed by atoms with van der Waals surface area (Å²) in [6, 6.07) is 13.1.